The van der Waals surface area contributed by atoms with Crippen LogP contribution in [0.5, 0.6) is 0 Å². The highest BCUT2D eigenvalue weighted by molar-refractivity contribution is 7.09. The number of halogens is 1. The van der Waals surface area contributed by atoms with Gasteiger partial charge in [-0.25, -0.2) is 18.9 Å². The third-order valence-electron chi connectivity index (χ3n) is 8.78. The van der Waals surface area contributed by atoms with Gasteiger partial charge in [-0.1, -0.05) is 52.0 Å². The maximum Gasteiger partial charge on any atom is 0.407 e. The zero-order valence-electron chi connectivity index (χ0n) is 27.6. The van der Waals surface area contributed by atoms with Gasteiger partial charge in [-0.3, -0.25) is 9.59 Å². The number of para-hydroxylation sites is 1. The lowest BCUT2D eigenvalue weighted by atomic mass is 9.74. The normalized spacial score (nSPS) is 20.4. The summed E-state index contributed by atoms with van der Waals surface area (Å²) in [5, 5.41) is 21.8. The highest BCUT2D eigenvalue weighted by atomic mass is 32.1. The third kappa shape index (κ3) is 7.64. The molecule has 3 atom stereocenters. The maximum absolute atomic E-state index is 15.1. The zero-order valence-corrected chi connectivity index (χ0v) is 28.5. The quantitative estimate of drug-likeness (QED) is 0.355. The molecule has 0 aliphatic carbocycles. The summed E-state index contributed by atoms with van der Waals surface area (Å²) in [6, 6.07) is 4.93. The second kappa shape index (κ2) is 14.5. The zero-order chi connectivity index (χ0) is 33.9. The molecule has 2 saturated heterocycles. The van der Waals surface area contributed by atoms with Crippen LogP contribution in [0, 0.1) is 23.1 Å². The van der Waals surface area contributed by atoms with Crippen molar-refractivity contribution < 1.29 is 28.6 Å². The minimum atomic E-state index is -1.14. The number of carbonyl (C=O) groups excluding carboxylic acids is 2. The second-order valence-electron chi connectivity index (χ2n) is 13.7. The van der Waals surface area contributed by atoms with E-state index in [1.807, 2.05) is 40.0 Å². The summed E-state index contributed by atoms with van der Waals surface area (Å²) in [6.45, 7) is 11.9. The largest absolute Gasteiger partial charge is 0.465 e. The fraction of sp³-hybridized carbons (Fsp3) is 0.576. The molecule has 4 heterocycles. The molecule has 1 unspecified atom stereocenters. The fourth-order valence-electron chi connectivity index (χ4n) is 6.82. The average molecular weight is 670 g/mol. The molecule has 2 fully saturated rings. The van der Waals surface area contributed by atoms with Gasteiger partial charge in [-0.15, -0.1) is 16.4 Å². The number of morpholine rings is 1. The number of aromatic nitrogens is 4. The third-order valence-corrected chi connectivity index (χ3v) is 9.62. The lowest BCUT2D eigenvalue weighted by molar-refractivity contribution is -0.144. The summed E-state index contributed by atoms with van der Waals surface area (Å²) in [7, 11) is 0. The van der Waals surface area contributed by atoms with E-state index in [9.17, 15) is 19.5 Å². The number of carbonyl (C=O) groups is 3. The first-order valence-corrected chi connectivity index (χ1v) is 17.0. The van der Waals surface area contributed by atoms with Crippen molar-refractivity contribution in [3.05, 3.63) is 58.1 Å². The monoisotopic (exact) mass is 669 g/mol. The lowest BCUT2D eigenvalue weighted by Crippen LogP contribution is -2.66. The number of nitrogens with zero attached hydrogens (tertiary/aromatic N) is 7. The lowest BCUT2D eigenvalue weighted by Gasteiger charge is -2.52. The topological polar surface area (TPSA) is 134 Å². The van der Waals surface area contributed by atoms with Gasteiger partial charge in [0.2, 0.25) is 5.91 Å². The van der Waals surface area contributed by atoms with E-state index in [2.05, 4.69) is 15.3 Å². The molecule has 2 aliphatic rings. The molecule has 3 aromatic rings. The standard InChI is InChI=1S/C33H44FN7O5S/c1-21(2)19-39(26-18-22(30(42)38-13-15-46-16-14-38)20-40(32(44)45)29(26)33(3,4)5)31(43)28-25(10-11-27-35-12-17-47-27)41(37-36-28)24-9-7-6-8-23(24)34/h6-9,12,17,21-22,26,29H,10-11,13-16,18-20H2,1-5H3,(H,44,45)/t22-,26+,29?/m1/s1. The Bertz CT molecular complexity index is 1550. The van der Waals surface area contributed by atoms with Gasteiger partial charge < -0.3 is 24.5 Å². The van der Waals surface area contributed by atoms with Crippen molar-refractivity contribution in [1.29, 1.82) is 0 Å². The van der Waals surface area contributed by atoms with E-state index in [0.29, 0.717) is 51.4 Å². The molecule has 0 spiro atoms. The van der Waals surface area contributed by atoms with E-state index in [0.717, 1.165) is 5.01 Å². The molecule has 47 heavy (non-hydrogen) atoms. The van der Waals surface area contributed by atoms with Crippen LogP contribution < -0.4 is 0 Å². The molecule has 5 rings (SSSR count). The number of amides is 3. The minimum Gasteiger partial charge on any atom is -0.465 e. The molecule has 14 heteroatoms. The first-order chi connectivity index (χ1) is 22.4. The molecule has 254 valence electrons. The van der Waals surface area contributed by atoms with Gasteiger partial charge in [-0.2, -0.15) is 0 Å². The van der Waals surface area contributed by atoms with Crippen LogP contribution in [0.4, 0.5) is 9.18 Å². The second-order valence-corrected chi connectivity index (χ2v) is 14.7. The Morgan fingerprint density at radius 3 is 2.49 bits per heavy atom. The molecule has 1 aromatic carbocycles. The van der Waals surface area contributed by atoms with Gasteiger partial charge in [0, 0.05) is 44.2 Å². The molecule has 1 N–H and O–H groups in total. The molecule has 3 amide bonds. The molecule has 0 radical (unpaired) electrons. The predicted octanol–water partition coefficient (Wildman–Crippen LogP) is 4.39. The SMILES string of the molecule is CC(C)CN(C(=O)c1nnn(-c2ccccc2F)c1CCc1nccs1)[C@H]1C[C@@H](C(=O)N2CCOCC2)CN(C(=O)O)C1C(C)(C)C. The van der Waals surface area contributed by atoms with Gasteiger partial charge >= 0.3 is 6.09 Å². The number of aryl methyl sites for hydroxylation is 1. The van der Waals surface area contributed by atoms with Crippen molar-refractivity contribution >= 4 is 29.2 Å². The average Bonchev–Trinajstić information content (AvgIpc) is 3.71. The van der Waals surface area contributed by atoms with Crippen molar-refractivity contribution in [3.63, 3.8) is 0 Å². The van der Waals surface area contributed by atoms with Gasteiger partial charge in [0.15, 0.2) is 5.69 Å². The summed E-state index contributed by atoms with van der Waals surface area (Å²) in [5.74, 6) is -1.71. The maximum atomic E-state index is 15.1. The van der Waals surface area contributed by atoms with Gasteiger partial charge in [-0.05, 0) is 36.3 Å². The Hall–Kier alpha value is -3.91. The first-order valence-electron chi connectivity index (χ1n) is 16.1. The van der Waals surface area contributed by atoms with E-state index >= 15 is 4.39 Å². The van der Waals surface area contributed by atoms with Crippen LogP contribution in [0.2, 0.25) is 0 Å². The van der Waals surface area contributed by atoms with Crippen molar-refractivity contribution in [2.75, 3.05) is 39.4 Å². The van der Waals surface area contributed by atoms with Crippen LogP contribution in [0.1, 0.15) is 62.2 Å². The van der Waals surface area contributed by atoms with Crippen LogP contribution in [-0.2, 0) is 22.4 Å². The Labute approximate surface area is 278 Å². The Morgan fingerprint density at radius 1 is 1.15 bits per heavy atom. The minimum absolute atomic E-state index is 0.00792. The fourth-order valence-corrected chi connectivity index (χ4v) is 7.44. The highest BCUT2D eigenvalue weighted by Crippen LogP contribution is 2.38. The molecule has 2 aromatic heterocycles. The molecule has 0 bridgehead atoms. The van der Waals surface area contributed by atoms with E-state index in [-0.39, 0.29) is 36.2 Å². The summed E-state index contributed by atoms with van der Waals surface area (Å²) in [5.41, 5.74) is 0.0937. The Morgan fingerprint density at radius 2 is 1.87 bits per heavy atom. The predicted molar refractivity (Wildman–Crippen MR) is 174 cm³/mol. The molecule has 2 aliphatic heterocycles. The number of piperidine rings is 1. The van der Waals surface area contributed by atoms with Gasteiger partial charge in [0.25, 0.3) is 5.91 Å². The summed E-state index contributed by atoms with van der Waals surface area (Å²) in [6.07, 6.45) is 1.66. The molecule has 12 nitrogen and oxygen atoms in total. The van der Waals surface area contributed by atoms with Gasteiger partial charge in [0.1, 0.15) is 11.5 Å². The van der Waals surface area contributed by atoms with E-state index in [4.69, 9.17) is 4.74 Å². The van der Waals surface area contributed by atoms with E-state index in [1.165, 1.54) is 27.0 Å². The highest BCUT2D eigenvalue weighted by Gasteiger charge is 2.50. The smallest absolute Gasteiger partial charge is 0.407 e. The van der Waals surface area contributed by atoms with Crippen molar-refractivity contribution in [2.45, 2.75) is 66.0 Å². The number of thiazole rings is 1. The summed E-state index contributed by atoms with van der Waals surface area (Å²) in [4.78, 5) is 50.7. The number of hydrogen-bond acceptors (Lipinski definition) is 8. The number of likely N-dealkylation sites (tertiary alicyclic amines) is 1. The summed E-state index contributed by atoms with van der Waals surface area (Å²) >= 11 is 1.49. The summed E-state index contributed by atoms with van der Waals surface area (Å²) < 4.78 is 21.9. The number of rotatable bonds is 9. The Balaban J connectivity index is 1.58. The van der Waals surface area contributed by atoms with Gasteiger partial charge in [0.05, 0.1) is 41.9 Å². The molecular formula is C33H44FN7O5S. The van der Waals surface area contributed by atoms with E-state index in [1.54, 1.807) is 34.2 Å². The number of ether oxygens (including phenoxy) is 1. The molecular weight excluding hydrogens is 625 g/mol. The van der Waals surface area contributed by atoms with E-state index < -0.39 is 41.2 Å². The molecule has 0 saturated carbocycles. The number of benzene rings is 1. The Kier molecular flexibility index (Phi) is 10.6. The van der Waals surface area contributed by atoms with Crippen LogP contribution in [-0.4, -0.2) is 109 Å². The van der Waals surface area contributed by atoms with Crippen molar-refractivity contribution in [1.82, 2.24) is 34.7 Å². The number of hydrogen-bond donors (Lipinski definition) is 1. The van der Waals surface area contributed by atoms with Crippen LogP contribution in [0.25, 0.3) is 5.69 Å². The van der Waals surface area contributed by atoms with Crippen LogP contribution in [0.15, 0.2) is 35.8 Å². The van der Waals surface area contributed by atoms with Crippen molar-refractivity contribution in [3.8, 4) is 5.69 Å². The van der Waals surface area contributed by atoms with Crippen LogP contribution >= 0.6 is 11.3 Å². The van der Waals surface area contributed by atoms with Crippen molar-refractivity contribution in [2.24, 2.45) is 17.3 Å². The first kappa shape index (κ1) is 34.4. The van der Waals surface area contributed by atoms with Crippen LogP contribution in [0.3, 0.4) is 0 Å². The number of carboxylic acid groups (broad SMARTS) is 1.